The van der Waals surface area contributed by atoms with Crippen molar-refractivity contribution in [1.82, 2.24) is 34.7 Å². The quantitative estimate of drug-likeness (QED) is 0.288. The van der Waals surface area contributed by atoms with Crippen molar-refractivity contribution in [2.24, 2.45) is 0 Å². The predicted octanol–water partition coefficient (Wildman–Crippen LogP) is 2.39. The fourth-order valence-electron chi connectivity index (χ4n) is 3.23. The number of rotatable bonds is 11. The Morgan fingerprint density at radius 3 is 2.73 bits per heavy atom. The van der Waals surface area contributed by atoms with Gasteiger partial charge >= 0.3 is 0 Å². The van der Waals surface area contributed by atoms with Crippen LogP contribution in [-0.4, -0.2) is 54.1 Å². The number of methoxy groups -OCH3 is 1. The standard InChI is InChI=1S/C22H26N8O2S/c1-15-19(26-14-25-15)13-33-10-8-24-22-27-21(31)18(28-29-22)11-20-23-7-9-30(20)12-16-3-5-17(32-2)6-4-16/h3-7,9,14H,8,10-13H2,1-2H3,(H,25,26)(H2,24,27,29,31). The van der Waals surface area contributed by atoms with Crippen LogP contribution in [0.4, 0.5) is 5.95 Å². The summed E-state index contributed by atoms with van der Waals surface area (Å²) < 4.78 is 7.20. The van der Waals surface area contributed by atoms with E-state index < -0.39 is 0 Å². The normalized spacial score (nSPS) is 11.0. The first-order chi connectivity index (χ1) is 16.1. The van der Waals surface area contributed by atoms with Crippen LogP contribution in [0.3, 0.4) is 0 Å². The molecule has 0 spiro atoms. The van der Waals surface area contributed by atoms with Gasteiger partial charge in [0.2, 0.25) is 5.95 Å². The molecule has 0 fully saturated rings. The third-order valence-electron chi connectivity index (χ3n) is 5.12. The number of thioether (sulfide) groups is 1. The highest BCUT2D eigenvalue weighted by atomic mass is 32.2. The van der Waals surface area contributed by atoms with Gasteiger partial charge in [-0.15, -0.1) is 10.2 Å². The molecule has 0 radical (unpaired) electrons. The Kier molecular flexibility index (Phi) is 7.40. The van der Waals surface area contributed by atoms with E-state index in [0.29, 0.717) is 31.2 Å². The van der Waals surface area contributed by atoms with E-state index in [2.05, 4.69) is 35.5 Å². The van der Waals surface area contributed by atoms with E-state index in [1.165, 1.54) is 0 Å². The van der Waals surface area contributed by atoms with Crippen LogP contribution in [0.5, 0.6) is 5.75 Å². The summed E-state index contributed by atoms with van der Waals surface area (Å²) in [6, 6.07) is 7.85. The molecule has 4 aromatic rings. The molecule has 0 saturated carbocycles. The SMILES string of the molecule is COc1ccc(Cn2ccnc2Cc2nnc(NCCSCc3nc[nH]c3C)[nH]c2=O)cc1. The number of aryl methyl sites for hydroxylation is 1. The maximum absolute atomic E-state index is 12.5. The molecule has 1 aromatic carbocycles. The smallest absolute Gasteiger partial charge is 0.274 e. The van der Waals surface area contributed by atoms with E-state index in [1.807, 2.05) is 42.0 Å². The van der Waals surface area contributed by atoms with Crippen molar-refractivity contribution in [2.45, 2.75) is 25.6 Å². The number of hydrogen-bond acceptors (Lipinski definition) is 8. The van der Waals surface area contributed by atoms with E-state index in [9.17, 15) is 4.79 Å². The molecule has 0 atom stereocenters. The summed E-state index contributed by atoms with van der Waals surface area (Å²) in [4.78, 5) is 27.0. The van der Waals surface area contributed by atoms with Gasteiger partial charge < -0.3 is 19.6 Å². The summed E-state index contributed by atoms with van der Waals surface area (Å²) in [7, 11) is 1.64. The second-order valence-corrected chi connectivity index (χ2v) is 8.50. The van der Waals surface area contributed by atoms with Crippen LogP contribution in [0.25, 0.3) is 0 Å². The zero-order valence-electron chi connectivity index (χ0n) is 18.5. The van der Waals surface area contributed by atoms with E-state index >= 15 is 0 Å². The average Bonchev–Trinajstić information content (AvgIpc) is 3.44. The molecule has 3 aromatic heterocycles. The largest absolute Gasteiger partial charge is 0.497 e. The molecule has 0 aliphatic heterocycles. The van der Waals surface area contributed by atoms with Crippen LogP contribution >= 0.6 is 11.8 Å². The minimum absolute atomic E-state index is 0.272. The molecule has 3 N–H and O–H groups in total. The first-order valence-corrected chi connectivity index (χ1v) is 11.7. The highest BCUT2D eigenvalue weighted by Crippen LogP contribution is 2.14. The maximum atomic E-state index is 12.5. The Balaban J connectivity index is 1.30. The minimum atomic E-state index is -0.272. The molecule has 0 saturated heterocycles. The zero-order valence-corrected chi connectivity index (χ0v) is 19.4. The summed E-state index contributed by atoms with van der Waals surface area (Å²) in [6.45, 7) is 3.30. The Morgan fingerprint density at radius 2 is 2.00 bits per heavy atom. The molecule has 0 aliphatic carbocycles. The molecule has 4 rings (SSSR count). The van der Waals surface area contributed by atoms with Crippen LogP contribution in [-0.2, 0) is 18.7 Å². The number of ether oxygens (including phenoxy) is 1. The minimum Gasteiger partial charge on any atom is -0.497 e. The molecule has 33 heavy (non-hydrogen) atoms. The monoisotopic (exact) mass is 466 g/mol. The van der Waals surface area contributed by atoms with Crippen LogP contribution in [0.2, 0.25) is 0 Å². The van der Waals surface area contributed by atoms with Crippen molar-refractivity contribution in [1.29, 1.82) is 0 Å². The summed E-state index contributed by atoms with van der Waals surface area (Å²) in [6.07, 6.45) is 5.61. The number of aromatic nitrogens is 7. The fraction of sp³-hybridized carbons (Fsp3) is 0.318. The molecular weight excluding hydrogens is 440 g/mol. The Bertz CT molecular complexity index is 1230. The highest BCUT2D eigenvalue weighted by molar-refractivity contribution is 7.98. The van der Waals surface area contributed by atoms with Gasteiger partial charge in [-0.1, -0.05) is 12.1 Å². The van der Waals surface area contributed by atoms with Gasteiger partial charge in [0.15, 0.2) is 0 Å². The molecule has 0 bridgehead atoms. The van der Waals surface area contributed by atoms with Gasteiger partial charge in [0.05, 0.1) is 25.6 Å². The molecule has 11 heteroatoms. The van der Waals surface area contributed by atoms with Crippen molar-refractivity contribution >= 4 is 17.7 Å². The van der Waals surface area contributed by atoms with Gasteiger partial charge in [-0.3, -0.25) is 9.78 Å². The van der Waals surface area contributed by atoms with Gasteiger partial charge in [0.1, 0.15) is 17.3 Å². The molecule has 10 nitrogen and oxygen atoms in total. The lowest BCUT2D eigenvalue weighted by Crippen LogP contribution is -2.21. The van der Waals surface area contributed by atoms with E-state index in [-0.39, 0.29) is 5.56 Å². The van der Waals surface area contributed by atoms with Crippen LogP contribution in [0.1, 0.15) is 28.5 Å². The number of nitrogens with one attached hydrogen (secondary N) is 3. The Hall–Kier alpha value is -3.60. The number of imidazole rings is 2. The number of hydrogen-bond donors (Lipinski definition) is 3. The van der Waals surface area contributed by atoms with Gasteiger partial charge in [0.25, 0.3) is 5.56 Å². The topological polar surface area (TPSA) is 126 Å². The molecule has 172 valence electrons. The van der Waals surface area contributed by atoms with Gasteiger partial charge in [-0.2, -0.15) is 11.8 Å². The number of H-pyrrole nitrogens is 2. The lowest BCUT2D eigenvalue weighted by Gasteiger charge is -2.09. The van der Waals surface area contributed by atoms with E-state index in [1.54, 1.807) is 31.4 Å². The number of benzene rings is 1. The van der Waals surface area contributed by atoms with Crippen molar-refractivity contribution in [3.63, 3.8) is 0 Å². The van der Waals surface area contributed by atoms with E-state index in [4.69, 9.17) is 4.74 Å². The van der Waals surface area contributed by atoms with Crippen molar-refractivity contribution in [3.05, 3.63) is 81.8 Å². The third kappa shape index (κ3) is 6.01. The summed E-state index contributed by atoms with van der Waals surface area (Å²) in [5.74, 6) is 3.60. The average molecular weight is 467 g/mol. The van der Waals surface area contributed by atoms with Gasteiger partial charge in [0, 0.05) is 42.7 Å². The summed E-state index contributed by atoms with van der Waals surface area (Å²) in [5, 5.41) is 11.4. The van der Waals surface area contributed by atoms with Gasteiger partial charge in [-0.05, 0) is 24.6 Å². The van der Waals surface area contributed by atoms with Gasteiger partial charge in [-0.25, -0.2) is 9.97 Å². The first kappa shape index (κ1) is 22.6. The van der Waals surface area contributed by atoms with Crippen molar-refractivity contribution in [3.8, 4) is 5.75 Å². The number of nitrogens with zero attached hydrogens (tertiary/aromatic N) is 5. The second kappa shape index (κ2) is 10.8. The molecule has 0 amide bonds. The lowest BCUT2D eigenvalue weighted by molar-refractivity contribution is 0.414. The second-order valence-electron chi connectivity index (χ2n) is 7.40. The highest BCUT2D eigenvalue weighted by Gasteiger charge is 2.11. The first-order valence-electron chi connectivity index (χ1n) is 10.5. The molecule has 3 heterocycles. The zero-order chi connectivity index (χ0) is 23.0. The molecule has 0 aliphatic rings. The van der Waals surface area contributed by atoms with Crippen LogP contribution in [0, 0.1) is 6.92 Å². The van der Waals surface area contributed by atoms with Crippen molar-refractivity contribution in [2.75, 3.05) is 24.7 Å². The molecular formula is C22H26N8O2S. The molecule has 0 unspecified atom stereocenters. The van der Waals surface area contributed by atoms with Crippen LogP contribution < -0.4 is 15.6 Å². The predicted molar refractivity (Wildman–Crippen MR) is 128 cm³/mol. The fourth-order valence-corrected chi connectivity index (χ4v) is 4.10. The number of anilines is 1. The van der Waals surface area contributed by atoms with Crippen LogP contribution in [0.15, 0.2) is 47.8 Å². The van der Waals surface area contributed by atoms with Crippen molar-refractivity contribution < 1.29 is 4.74 Å². The maximum Gasteiger partial charge on any atom is 0.274 e. The van der Waals surface area contributed by atoms with E-state index in [0.717, 1.165) is 40.0 Å². The third-order valence-corrected chi connectivity index (χ3v) is 6.09. The Labute approximate surface area is 195 Å². The summed E-state index contributed by atoms with van der Waals surface area (Å²) in [5.41, 5.74) is 3.31. The lowest BCUT2D eigenvalue weighted by atomic mass is 10.2. The number of aromatic amines is 2. The Morgan fingerprint density at radius 1 is 1.15 bits per heavy atom. The summed E-state index contributed by atoms with van der Waals surface area (Å²) >= 11 is 1.76.